The van der Waals surface area contributed by atoms with Gasteiger partial charge in [-0.15, -0.1) is 0 Å². The van der Waals surface area contributed by atoms with Crippen molar-refractivity contribution in [1.82, 2.24) is 15.2 Å². The van der Waals surface area contributed by atoms with Crippen LogP contribution in [0.1, 0.15) is 68.2 Å². The van der Waals surface area contributed by atoms with Gasteiger partial charge in [0.05, 0.1) is 11.1 Å². The molecule has 1 aliphatic carbocycles. The van der Waals surface area contributed by atoms with Gasteiger partial charge < -0.3 is 10.3 Å². The third-order valence-corrected chi connectivity index (χ3v) is 6.46. The van der Waals surface area contributed by atoms with Crippen molar-refractivity contribution in [3.8, 4) is 0 Å². The van der Waals surface area contributed by atoms with E-state index in [0.717, 1.165) is 24.8 Å². The molecule has 0 saturated heterocycles. The van der Waals surface area contributed by atoms with Crippen LogP contribution >= 0.6 is 0 Å². The molecule has 1 aliphatic heterocycles. The second kappa shape index (κ2) is 7.62. The molecule has 2 aliphatic rings. The van der Waals surface area contributed by atoms with Crippen molar-refractivity contribution in [3.05, 3.63) is 69.9 Å². The van der Waals surface area contributed by atoms with Gasteiger partial charge in [0, 0.05) is 41.2 Å². The number of H-pyrrole nitrogens is 1. The number of fused-ring (bicyclic) bond motifs is 4. The summed E-state index contributed by atoms with van der Waals surface area (Å²) in [6.07, 6.45) is 2.52. The predicted molar refractivity (Wildman–Crippen MR) is 123 cm³/mol. The van der Waals surface area contributed by atoms with E-state index >= 15 is 0 Å². The molecule has 0 bridgehead atoms. The second-order valence-corrected chi connectivity index (χ2v) is 9.42. The topological polar surface area (TPSA) is 82.3 Å². The Hall–Kier alpha value is -3.41. The summed E-state index contributed by atoms with van der Waals surface area (Å²) in [5.74, 6) is -0.621. The van der Waals surface area contributed by atoms with E-state index in [0.29, 0.717) is 23.2 Å². The first-order chi connectivity index (χ1) is 15.3. The lowest BCUT2D eigenvalue weighted by atomic mass is 9.91. The van der Waals surface area contributed by atoms with E-state index in [9.17, 15) is 14.4 Å². The van der Waals surface area contributed by atoms with Crippen LogP contribution in [0.3, 0.4) is 0 Å². The summed E-state index contributed by atoms with van der Waals surface area (Å²) >= 11 is 0. The largest absolute Gasteiger partial charge is 0.358 e. The van der Waals surface area contributed by atoms with Crippen molar-refractivity contribution in [1.29, 1.82) is 0 Å². The fourth-order valence-corrected chi connectivity index (χ4v) is 4.90. The fourth-order valence-electron chi connectivity index (χ4n) is 4.90. The second-order valence-electron chi connectivity index (χ2n) is 9.42. The van der Waals surface area contributed by atoms with Gasteiger partial charge in [0.15, 0.2) is 0 Å². The third kappa shape index (κ3) is 3.40. The van der Waals surface area contributed by atoms with Gasteiger partial charge in [-0.1, -0.05) is 25.5 Å². The number of amides is 3. The van der Waals surface area contributed by atoms with Crippen molar-refractivity contribution in [2.24, 2.45) is 5.92 Å². The standard InChI is InChI=1S/C26H27N3O3/c1-14(2)13-29-25(31)19-7-5-16(11-21(19)26(29)32)24(30)27-17-6-8-18-20-10-15(3)4-9-22(20)28-23(18)12-17/h4-5,7,9-11,14,17,28H,6,8,12-13H2,1-3H3,(H,27,30). The number of benzene rings is 2. The molecule has 1 aromatic heterocycles. The lowest BCUT2D eigenvalue weighted by molar-refractivity contribution is 0.0636. The van der Waals surface area contributed by atoms with Crippen molar-refractivity contribution < 1.29 is 14.4 Å². The molecule has 32 heavy (non-hydrogen) atoms. The fraction of sp³-hybridized carbons (Fsp3) is 0.346. The van der Waals surface area contributed by atoms with Crippen LogP contribution in [0.4, 0.5) is 0 Å². The van der Waals surface area contributed by atoms with Gasteiger partial charge in [0.1, 0.15) is 0 Å². The molecule has 1 unspecified atom stereocenters. The minimum atomic E-state index is -0.316. The van der Waals surface area contributed by atoms with Crippen LogP contribution in [-0.4, -0.2) is 40.2 Å². The zero-order chi connectivity index (χ0) is 22.6. The average Bonchev–Trinajstić information content (AvgIpc) is 3.23. The van der Waals surface area contributed by atoms with Gasteiger partial charge in [0.25, 0.3) is 17.7 Å². The highest BCUT2D eigenvalue weighted by molar-refractivity contribution is 6.22. The smallest absolute Gasteiger partial charge is 0.261 e. The summed E-state index contributed by atoms with van der Waals surface area (Å²) in [4.78, 5) is 43.0. The average molecular weight is 430 g/mol. The summed E-state index contributed by atoms with van der Waals surface area (Å²) in [5, 5.41) is 4.40. The molecule has 1 atom stereocenters. The van der Waals surface area contributed by atoms with Crippen molar-refractivity contribution in [2.45, 2.75) is 46.1 Å². The van der Waals surface area contributed by atoms with Gasteiger partial charge in [-0.05, 0) is 61.6 Å². The minimum Gasteiger partial charge on any atom is -0.358 e. The van der Waals surface area contributed by atoms with E-state index in [2.05, 4.69) is 35.4 Å². The molecule has 0 saturated carbocycles. The maximum atomic E-state index is 13.0. The predicted octanol–water partition coefficient (Wildman–Crippen LogP) is 4.02. The molecule has 0 fully saturated rings. The number of aromatic amines is 1. The molecule has 2 aromatic carbocycles. The first-order valence-electron chi connectivity index (χ1n) is 11.2. The molecule has 0 radical (unpaired) electrons. The minimum absolute atomic E-state index is 0.0205. The van der Waals surface area contributed by atoms with E-state index in [-0.39, 0.29) is 29.7 Å². The number of aromatic nitrogens is 1. The number of imide groups is 1. The van der Waals surface area contributed by atoms with E-state index in [4.69, 9.17) is 0 Å². The first-order valence-corrected chi connectivity index (χ1v) is 11.2. The van der Waals surface area contributed by atoms with Crippen molar-refractivity contribution in [3.63, 3.8) is 0 Å². The molecule has 2 N–H and O–H groups in total. The Labute approximate surface area is 187 Å². The highest BCUT2D eigenvalue weighted by Gasteiger charge is 2.36. The molecule has 6 nitrogen and oxygen atoms in total. The zero-order valence-corrected chi connectivity index (χ0v) is 18.6. The molecule has 3 aromatic rings. The van der Waals surface area contributed by atoms with Crippen LogP contribution in [0.25, 0.3) is 10.9 Å². The van der Waals surface area contributed by atoms with Crippen LogP contribution in [0.5, 0.6) is 0 Å². The number of hydrogen-bond acceptors (Lipinski definition) is 3. The maximum Gasteiger partial charge on any atom is 0.261 e. The van der Waals surface area contributed by atoms with Crippen LogP contribution < -0.4 is 5.32 Å². The summed E-state index contributed by atoms with van der Waals surface area (Å²) in [7, 11) is 0. The van der Waals surface area contributed by atoms with E-state index in [1.54, 1.807) is 18.2 Å². The molecule has 0 spiro atoms. The quantitative estimate of drug-likeness (QED) is 0.615. The number of aryl methyl sites for hydroxylation is 2. The number of nitrogens with zero attached hydrogens (tertiary/aromatic N) is 1. The number of carbonyl (C=O) groups is 3. The summed E-state index contributed by atoms with van der Waals surface area (Å²) in [6.45, 7) is 6.41. The van der Waals surface area contributed by atoms with E-state index < -0.39 is 0 Å². The zero-order valence-electron chi connectivity index (χ0n) is 18.6. The Morgan fingerprint density at radius 3 is 2.69 bits per heavy atom. The third-order valence-electron chi connectivity index (χ3n) is 6.46. The van der Waals surface area contributed by atoms with Gasteiger partial charge in [-0.3, -0.25) is 19.3 Å². The van der Waals surface area contributed by atoms with E-state index in [1.807, 2.05) is 13.8 Å². The highest BCUT2D eigenvalue weighted by Crippen LogP contribution is 2.30. The SMILES string of the molecule is Cc1ccc2[nH]c3c(c2c1)CCC(NC(=O)c1ccc2c(c1)C(=O)N(CC(C)C)C2=O)C3. The van der Waals surface area contributed by atoms with Crippen LogP contribution in [0, 0.1) is 12.8 Å². The Bertz CT molecular complexity index is 1270. The molecular weight excluding hydrogens is 402 g/mol. The number of nitrogens with one attached hydrogen (secondary N) is 2. The highest BCUT2D eigenvalue weighted by atomic mass is 16.2. The van der Waals surface area contributed by atoms with Crippen LogP contribution in [-0.2, 0) is 12.8 Å². The Morgan fingerprint density at radius 2 is 1.91 bits per heavy atom. The van der Waals surface area contributed by atoms with E-state index in [1.165, 1.54) is 27.1 Å². The van der Waals surface area contributed by atoms with Gasteiger partial charge in [-0.2, -0.15) is 0 Å². The van der Waals surface area contributed by atoms with Crippen LogP contribution in [0.15, 0.2) is 36.4 Å². The molecular formula is C26H27N3O3. The van der Waals surface area contributed by atoms with Crippen LogP contribution in [0.2, 0.25) is 0 Å². The van der Waals surface area contributed by atoms with Gasteiger partial charge in [0.2, 0.25) is 0 Å². The van der Waals surface area contributed by atoms with Crippen molar-refractivity contribution in [2.75, 3.05) is 6.54 Å². The lowest BCUT2D eigenvalue weighted by Crippen LogP contribution is -2.38. The Kier molecular flexibility index (Phi) is 4.88. The normalized spacial score (nSPS) is 17.8. The van der Waals surface area contributed by atoms with Gasteiger partial charge in [-0.25, -0.2) is 0 Å². The summed E-state index contributed by atoms with van der Waals surface area (Å²) in [6, 6.07) is 11.3. The molecule has 6 heteroatoms. The summed E-state index contributed by atoms with van der Waals surface area (Å²) in [5.41, 5.74) is 6.02. The molecule has 2 heterocycles. The molecule has 5 rings (SSSR count). The number of hydrogen-bond donors (Lipinski definition) is 2. The Morgan fingerprint density at radius 1 is 1.12 bits per heavy atom. The van der Waals surface area contributed by atoms with Gasteiger partial charge >= 0.3 is 0 Å². The number of carbonyl (C=O) groups excluding carboxylic acids is 3. The lowest BCUT2D eigenvalue weighted by Gasteiger charge is -2.23. The monoisotopic (exact) mass is 429 g/mol. The summed E-state index contributed by atoms with van der Waals surface area (Å²) < 4.78 is 0. The molecule has 164 valence electrons. The number of rotatable bonds is 4. The Balaban J connectivity index is 1.33. The molecule has 3 amide bonds. The maximum absolute atomic E-state index is 13.0. The first kappa shape index (κ1) is 20.5. The van der Waals surface area contributed by atoms with Crippen molar-refractivity contribution >= 4 is 28.6 Å².